The van der Waals surface area contributed by atoms with E-state index in [9.17, 15) is 9.90 Å². The summed E-state index contributed by atoms with van der Waals surface area (Å²) >= 11 is 0. The van der Waals surface area contributed by atoms with Crippen LogP contribution >= 0.6 is 0 Å². The molecule has 0 spiro atoms. The topological polar surface area (TPSA) is 68.2 Å². The zero-order valence-electron chi connectivity index (χ0n) is 12.8. The number of carbonyl (C=O) groups excluding carboxylic acids is 1. The Bertz CT molecular complexity index is 613. The van der Waals surface area contributed by atoms with E-state index in [4.69, 9.17) is 14.2 Å². The quantitative estimate of drug-likeness (QED) is 0.855. The molecular formula is C16H20NO5. The second-order valence-corrected chi connectivity index (χ2v) is 5.51. The van der Waals surface area contributed by atoms with Crippen LogP contribution < -0.4 is 4.74 Å². The number of phenols is 1. The van der Waals surface area contributed by atoms with Crippen LogP contribution in [0, 0.1) is 13.8 Å². The number of morpholine rings is 1. The van der Waals surface area contributed by atoms with Gasteiger partial charge in [-0.2, -0.15) is 0 Å². The van der Waals surface area contributed by atoms with Crippen molar-refractivity contribution in [1.82, 2.24) is 4.90 Å². The summed E-state index contributed by atoms with van der Waals surface area (Å²) in [7, 11) is 1.55. The molecule has 1 aromatic carbocycles. The van der Waals surface area contributed by atoms with Crippen LogP contribution in [-0.4, -0.2) is 49.3 Å². The highest BCUT2D eigenvalue weighted by Gasteiger charge is 2.36. The minimum atomic E-state index is -0.496. The summed E-state index contributed by atoms with van der Waals surface area (Å²) in [6.45, 7) is 8.53. The van der Waals surface area contributed by atoms with E-state index in [-0.39, 0.29) is 24.0 Å². The Morgan fingerprint density at radius 2 is 2.27 bits per heavy atom. The highest BCUT2D eigenvalue weighted by atomic mass is 16.5. The summed E-state index contributed by atoms with van der Waals surface area (Å²) in [5, 5.41) is 10.6. The Balaban J connectivity index is 2.12. The molecule has 0 aromatic heterocycles. The molecule has 0 amide bonds. The van der Waals surface area contributed by atoms with Crippen molar-refractivity contribution >= 4 is 5.97 Å². The van der Waals surface area contributed by atoms with E-state index in [2.05, 4.69) is 11.8 Å². The van der Waals surface area contributed by atoms with Crippen molar-refractivity contribution in [2.45, 2.75) is 19.6 Å². The van der Waals surface area contributed by atoms with Crippen LogP contribution in [-0.2, 0) is 16.1 Å². The van der Waals surface area contributed by atoms with Crippen LogP contribution in [0.2, 0.25) is 0 Å². The lowest BCUT2D eigenvalue weighted by Gasteiger charge is -2.33. The fourth-order valence-corrected chi connectivity index (χ4v) is 3.16. The summed E-state index contributed by atoms with van der Waals surface area (Å²) in [6.07, 6.45) is -0.358. The summed E-state index contributed by atoms with van der Waals surface area (Å²) in [5.74, 6) is -0.0225. The number of cyclic esters (lactones) is 1. The van der Waals surface area contributed by atoms with Gasteiger partial charge in [0.25, 0.3) is 0 Å². The van der Waals surface area contributed by atoms with Crippen LogP contribution in [0.25, 0.3) is 0 Å². The average molecular weight is 306 g/mol. The number of fused-ring (bicyclic) bond motifs is 1. The predicted molar refractivity (Wildman–Crippen MR) is 79.0 cm³/mol. The molecule has 119 valence electrons. The fraction of sp³-hybridized carbons (Fsp3) is 0.500. The Hall–Kier alpha value is -1.79. The van der Waals surface area contributed by atoms with Gasteiger partial charge >= 0.3 is 5.97 Å². The number of hydrogen-bond acceptors (Lipinski definition) is 6. The van der Waals surface area contributed by atoms with Gasteiger partial charge in [0.1, 0.15) is 29.8 Å². The van der Waals surface area contributed by atoms with E-state index in [1.807, 2.05) is 6.92 Å². The molecular weight excluding hydrogens is 286 g/mol. The van der Waals surface area contributed by atoms with E-state index in [1.165, 1.54) is 0 Å². The predicted octanol–water partition coefficient (Wildman–Crippen LogP) is 1.59. The van der Waals surface area contributed by atoms with Gasteiger partial charge in [0.05, 0.1) is 19.3 Å². The van der Waals surface area contributed by atoms with Gasteiger partial charge < -0.3 is 19.3 Å². The standard InChI is InChI=1S/C16H20NO5/c1-4-17-5-6-21-11(7-17)13-14(18)12-10(8-22-16(12)19)9(2)15(13)20-3/h11,18H,1,4-8H2,2-3H3. The van der Waals surface area contributed by atoms with Crippen LogP contribution in [0.15, 0.2) is 0 Å². The van der Waals surface area contributed by atoms with Crippen LogP contribution in [0.4, 0.5) is 0 Å². The number of esters is 1. The molecule has 2 heterocycles. The maximum Gasteiger partial charge on any atom is 0.342 e. The van der Waals surface area contributed by atoms with Crippen molar-refractivity contribution in [2.75, 3.05) is 33.4 Å². The third-order valence-corrected chi connectivity index (χ3v) is 4.38. The fourth-order valence-electron chi connectivity index (χ4n) is 3.16. The lowest BCUT2D eigenvalue weighted by atomic mass is 9.93. The van der Waals surface area contributed by atoms with Crippen molar-refractivity contribution in [3.05, 3.63) is 29.2 Å². The number of nitrogens with zero attached hydrogens (tertiary/aromatic N) is 1. The highest BCUT2D eigenvalue weighted by Crippen LogP contribution is 2.45. The first-order valence-corrected chi connectivity index (χ1v) is 7.31. The number of benzene rings is 1. The molecule has 1 atom stereocenters. The van der Waals surface area contributed by atoms with Gasteiger partial charge in [-0.3, -0.25) is 4.90 Å². The second-order valence-electron chi connectivity index (χ2n) is 5.51. The number of methoxy groups -OCH3 is 1. The van der Waals surface area contributed by atoms with Crippen molar-refractivity contribution < 1.29 is 24.1 Å². The van der Waals surface area contributed by atoms with Gasteiger partial charge in [-0.15, -0.1) is 0 Å². The van der Waals surface area contributed by atoms with E-state index in [0.29, 0.717) is 36.6 Å². The molecule has 3 rings (SSSR count). The lowest BCUT2D eigenvalue weighted by molar-refractivity contribution is -0.0283. The normalized spacial score (nSPS) is 21.6. The van der Waals surface area contributed by atoms with Gasteiger partial charge in [0.2, 0.25) is 0 Å². The molecule has 6 heteroatoms. The molecule has 0 saturated carbocycles. The molecule has 1 radical (unpaired) electrons. The largest absolute Gasteiger partial charge is 0.506 e. The molecule has 0 aliphatic carbocycles. The summed E-state index contributed by atoms with van der Waals surface area (Å²) in [5.41, 5.74) is 2.26. The number of phenolic OH excluding ortho intramolecular Hbond substituents is 1. The number of carbonyl (C=O) groups is 1. The Morgan fingerprint density at radius 1 is 1.50 bits per heavy atom. The third kappa shape index (κ3) is 2.23. The Morgan fingerprint density at radius 3 is 2.95 bits per heavy atom. The number of rotatable bonds is 3. The third-order valence-electron chi connectivity index (χ3n) is 4.38. The molecule has 1 saturated heterocycles. The van der Waals surface area contributed by atoms with Crippen LogP contribution in [0.3, 0.4) is 0 Å². The maximum atomic E-state index is 11.9. The van der Waals surface area contributed by atoms with Gasteiger partial charge in [0, 0.05) is 18.7 Å². The number of ether oxygens (including phenoxy) is 3. The van der Waals surface area contributed by atoms with Gasteiger partial charge in [-0.25, -0.2) is 4.79 Å². The first kappa shape index (κ1) is 15.1. The number of hydrogen-bond donors (Lipinski definition) is 1. The van der Waals surface area contributed by atoms with Gasteiger partial charge in [0.15, 0.2) is 0 Å². The molecule has 1 N–H and O–H groups in total. The highest BCUT2D eigenvalue weighted by molar-refractivity contribution is 5.98. The van der Waals surface area contributed by atoms with Gasteiger partial charge in [-0.1, -0.05) is 0 Å². The summed E-state index contributed by atoms with van der Waals surface area (Å²) in [4.78, 5) is 14.0. The Kier molecular flexibility index (Phi) is 3.97. The SMILES string of the molecule is [CH2]CN1CCOC(c2c(O)c3c(c(C)c2OC)COC3=O)C1. The molecule has 2 aliphatic heterocycles. The van der Waals surface area contributed by atoms with E-state index in [0.717, 1.165) is 12.1 Å². The number of aromatic hydroxyl groups is 1. The molecule has 0 bridgehead atoms. The minimum Gasteiger partial charge on any atom is -0.506 e. The zero-order chi connectivity index (χ0) is 15.9. The maximum absolute atomic E-state index is 11.9. The van der Waals surface area contributed by atoms with E-state index >= 15 is 0 Å². The smallest absolute Gasteiger partial charge is 0.342 e. The van der Waals surface area contributed by atoms with Crippen molar-refractivity contribution in [3.63, 3.8) is 0 Å². The molecule has 22 heavy (non-hydrogen) atoms. The molecule has 1 aromatic rings. The lowest BCUT2D eigenvalue weighted by Crippen LogP contribution is -2.38. The summed E-state index contributed by atoms with van der Waals surface area (Å²) in [6, 6.07) is 0. The van der Waals surface area contributed by atoms with E-state index < -0.39 is 5.97 Å². The van der Waals surface area contributed by atoms with Crippen LogP contribution in [0.1, 0.15) is 33.2 Å². The second kappa shape index (κ2) is 5.78. The monoisotopic (exact) mass is 306 g/mol. The Labute approximate surface area is 129 Å². The van der Waals surface area contributed by atoms with E-state index in [1.54, 1.807) is 7.11 Å². The molecule has 2 aliphatic rings. The zero-order valence-corrected chi connectivity index (χ0v) is 12.8. The average Bonchev–Trinajstić information content (AvgIpc) is 2.93. The molecule has 6 nitrogen and oxygen atoms in total. The van der Waals surface area contributed by atoms with Gasteiger partial charge in [-0.05, 0) is 26.0 Å². The van der Waals surface area contributed by atoms with Crippen LogP contribution in [0.5, 0.6) is 11.5 Å². The summed E-state index contributed by atoms with van der Waals surface area (Å²) < 4.78 is 16.4. The molecule has 1 unspecified atom stereocenters. The van der Waals surface area contributed by atoms with Crippen molar-refractivity contribution in [2.24, 2.45) is 0 Å². The minimum absolute atomic E-state index is 0.0872. The molecule has 1 fully saturated rings. The van der Waals surface area contributed by atoms with Crippen molar-refractivity contribution in [1.29, 1.82) is 0 Å². The van der Waals surface area contributed by atoms with Crippen molar-refractivity contribution in [3.8, 4) is 11.5 Å². The first-order chi connectivity index (χ1) is 10.6. The first-order valence-electron chi connectivity index (χ1n) is 7.31.